The molecule has 0 bridgehead atoms. The van der Waals surface area contributed by atoms with Crippen molar-refractivity contribution in [2.45, 2.75) is 13.0 Å². The van der Waals surface area contributed by atoms with Crippen molar-refractivity contribution in [1.82, 2.24) is 4.98 Å². The second-order valence-electron chi connectivity index (χ2n) is 5.99. The molecule has 3 heterocycles. The number of aromatic hydroxyl groups is 1. The van der Waals surface area contributed by atoms with E-state index >= 15 is 0 Å². The van der Waals surface area contributed by atoms with E-state index in [4.69, 9.17) is 0 Å². The number of anilines is 1. The van der Waals surface area contributed by atoms with Crippen LogP contribution in [0.15, 0.2) is 65.6 Å². The topological polar surface area (TPSA) is 59.3 Å². The van der Waals surface area contributed by atoms with Crippen molar-refractivity contribution in [3.63, 3.8) is 0 Å². The maximum absolute atomic E-state index is 10.8. The van der Waals surface area contributed by atoms with Gasteiger partial charge in [-0.2, -0.15) is 11.3 Å². The molecule has 4 aromatic rings. The molecule has 0 saturated carbocycles. The van der Waals surface area contributed by atoms with E-state index in [-0.39, 0.29) is 11.8 Å². The highest BCUT2D eigenvalue weighted by Gasteiger charge is 2.24. The van der Waals surface area contributed by atoms with Crippen LogP contribution >= 0.6 is 11.3 Å². The molecule has 3 N–H and O–H groups in total. The van der Waals surface area contributed by atoms with E-state index in [1.54, 1.807) is 17.5 Å². The van der Waals surface area contributed by atoms with Crippen LogP contribution in [0.1, 0.15) is 22.7 Å². The van der Waals surface area contributed by atoms with Crippen LogP contribution in [-0.2, 0) is 0 Å². The summed E-state index contributed by atoms with van der Waals surface area (Å²) in [5.41, 5.74) is 3.69. The van der Waals surface area contributed by atoms with Crippen molar-refractivity contribution in [2.75, 3.05) is 5.32 Å². The Kier molecular flexibility index (Phi) is 4.07. The molecule has 0 aliphatic carbocycles. The van der Waals surface area contributed by atoms with E-state index < -0.39 is 0 Å². The number of thiophene rings is 1. The maximum atomic E-state index is 10.8. The number of fused-ring (bicyclic) bond motifs is 1. The summed E-state index contributed by atoms with van der Waals surface area (Å²) < 4.78 is 0. The molecule has 1 aromatic carbocycles. The minimum atomic E-state index is -0.171. The van der Waals surface area contributed by atoms with Crippen LogP contribution in [0.2, 0.25) is 0 Å². The number of benzene rings is 1. The summed E-state index contributed by atoms with van der Waals surface area (Å²) in [5, 5.41) is 19.4. The van der Waals surface area contributed by atoms with Gasteiger partial charge in [-0.25, -0.2) is 4.98 Å². The van der Waals surface area contributed by atoms with Crippen molar-refractivity contribution in [3.05, 3.63) is 82.3 Å². The number of nitrogens with zero attached hydrogens (tertiary/aromatic N) is 1. The quantitative estimate of drug-likeness (QED) is 0.577. The summed E-state index contributed by atoms with van der Waals surface area (Å²) in [6.45, 7) is 2.05. The van der Waals surface area contributed by atoms with Gasteiger partial charge in [0.05, 0.1) is 6.20 Å². The first kappa shape index (κ1) is 15.6. The molecule has 4 nitrogen and oxygen atoms in total. The summed E-state index contributed by atoms with van der Waals surface area (Å²) in [6, 6.07) is 13.8. The Bertz CT molecular complexity index is 1010. The molecule has 0 amide bonds. The van der Waals surface area contributed by atoms with Crippen LogP contribution in [0.25, 0.3) is 10.9 Å². The van der Waals surface area contributed by atoms with Gasteiger partial charge >= 0.3 is 0 Å². The molecule has 0 radical (unpaired) electrons. The molecule has 25 heavy (non-hydrogen) atoms. The lowest BCUT2D eigenvalue weighted by Crippen LogP contribution is -2.18. The van der Waals surface area contributed by atoms with E-state index in [1.807, 2.05) is 41.9 Å². The maximum Gasteiger partial charge on any atom is 0.273 e. The molecule has 3 aromatic heterocycles. The van der Waals surface area contributed by atoms with Crippen LogP contribution in [0, 0.1) is 6.92 Å². The summed E-state index contributed by atoms with van der Waals surface area (Å²) in [7, 11) is 0. The SMILES string of the molecule is Cc1cc[nH+]c(N[C@H](c2ccsc2)c2ccc3cccnc3c2O)c1. The van der Waals surface area contributed by atoms with Gasteiger partial charge < -0.3 is 5.11 Å². The predicted molar refractivity (Wildman–Crippen MR) is 101 cm³/mol. The van der Waals surface area contributed by atoms with Gasteiger partial charge in [0.15, 0.2) is 0 Å². The fourth-order valence-electron chi connectivity index (χ4n) is 2.98. The molecular formula is C20H18N3OS+. The van der Waals surface area contributed by atoms with E-state index in [9.17, 15) is 5.11 Å². The molecule has 5 heteroatoms. The molecule has 0 spiro atoms. The summed E-state index contributed by atoms with van der Waals surface area (Å²) >= 11 is 1.64. The number of rotatable bonds is 4. The molecule has 124 valence electrons. The first-order chi connectivity index (χ1) is 12.2. The third-order valence-corrected chi connectivity index (χ3v) is 4.93. The van der Waals surface area contributed by atoms with E-state index in [0.717, 1.165) is 27.9 Å². The van der Waals surface area contributed by atoms with Gasteiger partial charge in [-0.1, -0.05) is 12.1 Å². The first-order valence-electron chi connectivity index (χ1n) is 8.06. The molecule has 1 atom stereocenters. The van der Waals surface area contributed by atoms with Crippen molar-refractivity contribution in [3.8, 4) is 5.75 Å². The van der Waals surface area contributed by atoms with Crippen molar-refractivity contribution in [1.29, 1.82) is 0 Å². The number of phenols is 1. The Morgan fingerprint density at radius 3 is 2.92 bits per heavy atom. The highest BCUT2D eigenvalue weighted by atomic mass is 32.1. The second-order valence-corrected chi connectivity index (χ2v) is 6.77. The van der Waals surface area contributed by atoms with Crippen molar-refractivity contribution < 1.29 is 10.1 Å². The zero-order valence-corrected chi connectivity index (χ0v) is 14.5. The van der Waals surface area contributed by atoms with Crippen molar-refractivity contribution in [2.24, 2.45) is 0 Å². The predicted octanol–water partition coefficient (Wildman–Crippen LogP) is 4.33. The molecular weight excluding hydrogens is 330 g/mol. The van der Waals surface area contributed by atoms with Crippen LogP contribution in [0.5, 0.6) is 5.75 Å². The van der Waals surface area contributed by atoms with E-state index in [1.165, 1.54) is 0 Å². The minimum absolute atomic E-state index is 0.171. The lowest BCUT2D eigenvalue weighted by Gasteiger charge is -2.16. The van der Waals surface area contributed by atoms with Gasteiger partial charge in [0.2, 0.25) is 0 Å². The molecule has 0 saturated heterocycles. The van der Waals surface area contributed by atoms with Crippen LogP contribution in [-0.4, -0.2) is 10.1 Å². The Morgan fingerprint density at radius 2 is 2.12 bits per heavy atom. The number of aryl methyl sites for hydroxylation is 1. The Labute approximate surface area is 149 Å². The van der Waals surface area contributed by atoms with E-state index in [2.05, 4.69) is 39.7 Å². The smallest absolute Gasteiger partial charge is 0.273 e. The van der Waals surface area contributed by atoms with Crippen molar-refractivity contribution >= 4 is 28.1 Å². The number of nitrogens with one attached hydrogen (secondary N) is 2. The summed E-state index contributed by atoms with van der Waals surface area (Å²) in [6.07, 6.45) is 3.61. The fourth-order valence-corrected chi connectivity index (χ4v) is 3.66. The minimum Gasteiger partial charge on any atom is -0.505 e. The van der Waals surface area contributed by atoms with Crippen LogP contribution < -0.4 is 10.3 Å². The number of phenolic OH excluding ortho intramolecular Hbond substituents is 1. The summed E-state index contributed by atoms with van der Waals surface area (Å²) in [4.78, 5) is 7.57. The first-order valence-corrected chi connectivity index (χ1v) is 9.00. The molecule has 0 aliphatic heterocycles. The van der Waals surface area contributed by atoms with Gasteiger partial charge in [0.1, 0.15) is 17.3 Å². The lowest BCUT2D eigenvalue weighted by atomic mass is 9.98. The number of hydrogen-bond donors (Lipinski definition) is 2. The highest BCUT2D eigenvalue weighted by molar-refractivity contribution is 7.08. The molecule has 0 fully saturated rings. The number of aromatic amines is 1. The summed E-state index contributed by atoms with van der Waals surface area (Å²) in [5.74, 6) is 1.12. The Hall–Kier alpha value is -2.92. The zero-order valence-electron chi connectivity index (χ0n) is 13.7. The average Bonchev–Trinajstić information content (AvgIpc) is 3.15. The Balaban J connectivity index is 1.83. The van der Waals surface area contributed by atoms with Gasteiger partial charge in [-0.3, -0.25) is 10.3 Å². The van der Waals surface area contributed by atoms with Crippen LogP contribution in [0.3, 0.4) is 0 Å². The number of aromatic nitrogens is 2. The average molecular weight is 348 g/mol. The third kappa shape index (κ3) is 3.06. The Morgan fingerprint density at radius 1 is 1.20 bits per heavy atom. The highest BCUT2D eigenvalue weighted by Crippen LogP contribution is 2.36. The largest absolute Gasteiger partial charge is 0.505 e. The lowest BCUT2D eigenvalue weighted by molar-refractivity contribution is -0.361. The molecule has 0 unspecified atom stereocenters. The van der Waals surface area contributed by atoms with Gasteiger partial charge in [0, 0.05) is 28.8 Å². The van der Waals surface area contributed by atoms with Gasteiger partial charge in [-0.15, -0.1) is 0 Å². The van der Waals surface area contributed by atoms with Gasteiger partial charge in [0.25, 0.3) is 5.82 Å². The normalized spacial score (nSPS) is 12.2. The van der Waals surface area contributed by atoms with Crippen LogP contribution in [0.4, 0.5) is 5.82 Å². The number of H-pyrrole nitrogens is 1. The monoisotopic (exact) mass is 348 g/mol. The third-order valence-electron chi connectivity index (χ3n) is 4.22. The van der Waals surface area contributed by atoms with E-state index in [0.29, 0.717) is 5.52 Å². The number of hydrogen-bond acceptors (Lipinski definition) is 4. The zero-order chi connectivity index (χ0) is 17.2. The second kappa shape index (κ2) is 6.53. The molecule has 0 aliphatic rings. The number of pyridine rings is 2. The fraction of sp³-hybridized carbons (Fsp3) is 0.100. The van der Waals surface area contributed by atoms with Gasteiger partial charge in [-0.05, 0) is 47.5 Å². The standard InChI is InChI=1S/C20H17N3OS/c1-13-6-9-21-17(11-13)23-18(15-7-10-25-12-15)16-5-4-14-3-2-8-22-19(14)20(16)24/h2-12,18,24H,1H3,(H,21,23)/p+1/t18-/m1/s1. The molecule has 4 rings (SSSR count).